The van der Waals surface area contributed by atoms with E-state index in [4.69, 9.17) is 4.74 Å². The Kier molecular flexibility index (Phi) is 6.53. The molecule has 1 saturated carbocycles. The van der Waals surface area contributed by atoms with Crippen molar-refractivity contribution in [1.82, 2.24) is 25.1 Å². The normalized spacial score (nSPS) is 18.9. The maximum Gasteiger partial charge on any atom is 0.173 e. The highest BCUT2D eigenvalue weighted by molar-refractivity contribution is 5.48. The fraction of sp³-hybridized carbons (Fsp3) is 0.480. The molecule has 0 N–H and O–H groups in total. The molecule has 5 rings (SSSR count). The average Bonchev–Trinajstić information content (AvgIpc) is 3.35. The van der Waals surface area contributed by atoms with Crippen LogP contribution in [0.5, 0.6) is 5.75 Å². The molecule has 1 saturated heterocycles. The minimum Gasteiger partial charge on any atom is -0.496 e. The van der Waals surface area contributed by atoms with Crippen LogP contribution in [0.25, 0.3) is 0 Å². The van der Waals surface area contributed by atoms with Crippen LogP contribution in [-0.4, -0.2) is 58.4 Å². The molecule has 1 aliphatic heterocycles. The Balaban J connectivity index is 1.46. The molecule has 0 radical (unpaired) electrons. The van der Waals surface area contributed by atoms with Crippen LogP contribution in [0.1, 0.15) is 55.6 Å². The Morgan fingerprint density at radius 3 is 2.42 bits per heavy atom. The topological polar surface area (TPSA) is 59.3 Å². The van der Waals surface area contributed by atoms with Crippen molar-refractivity contribution in [3.63, 3.8) is 0 Å². The van der Waals surface area contributed by atoms with Gasteiger partial charge in [0, 0.05) is 31.7 Å². The summed E-state index contributed by atoms with van der Waals surface area (Å²) < 4.78 is 22.2. The molecule has 3 aromatic rings. The second-order valence-corrected chi connectivity index (χ2v) is 8.89. The lowest BCUT2D eigenvalue weighted by molar-refractivity contribution is 0.190. The van der Waals surface area contributed by atoms with Gasteiger partial charge in [-0.05, 0) is 41.5 Å². The van der Waals surface area contributed by atoms with E-state index in [0.29, 0.717) is 11.7 Å². The van der Waals surface area contributed by atoms with Crippen molar-refractivity contribution >= 4 is 5.69 Å². The van der Waals surface area contributed by atoms with E-state index in [1.54, 1.807) is 13.2 Å². The first-order chi connectivity index (χ1) is 16.3. The van der Waals surface area contributed by atoms with E-state index in [9.17, 15) is 4.39 Å². The van der Waals surface area contributed by atoms with E-state index in [2.05, 4.69) is 36.1 Å². The van der Waals surface area contributed by atoms with Crippen molar-refractivity contribution in [2.75, 3.05) is 38.2 Å². The molecule has 2 aliphatic rings. The fourth-order valence-electron chi connectivity index (χ4n) is 5.29. The Labute approximate surface area is 194 Å². The first-order valence-electron chi connectivity index (χ1n) is 11.9. The van der Waals surface area contributed by atoms with Gasteiger partial charge >= 0.3 is 0 Å². The van der Waals surface area contributed by atoms with Gasteiger partial charge in [-0.15, -0.1) is 5.10 Å². The summed E-state index contributed by atoms with van der Waals surface area (Å²) in [4.78, 5) is 4.52. The zero-order chi connectivity index (χ0) is 22.6. The lowest BCUT2D eigenvalue weighted by atomic mass is 9.95. The number of rotatable bonds is 6. The maximum atomic E-state index is 14.4. The number of ether oxygens (including phenoxy) is 1. The number of aromatic nitrogens is 4. The first-order valence-corrected chi connectivity index (χ1v) is 11.9. The molecule has 0 amide bonds. The number of methoxy groups -OCH3 is 1. The minimum absolute atomic E-state index is 0.124. The average molecular weight is 451 g/mol. The van der Waals surface area contributed by atoms with Gasteiger partial charge < -0.3 is 9.64 Å². The Morgan fingerprint density at radius 1 is 0.939 bits per heavy atom. The Morgan fingerprint density at radius 2 is 1.67 bits per heavy atom. The number of halogens is 1. The van der Waals surface area contributed by atoms with Gasteiger partial charge in [0.2, 0.25) is 0 Å². The summed E-state index contributed by atoms with van der Waals surface area (Å²) in [7, 11) is 1.70. The second-order valence-electron chi connectivity index (χ2n) is 8.89. The van der Waals surface area contributed by atoms with Crippen LogP contribution in [0.15, 0.2) is 48.5 Å². The zero-order valence-corrected chi connectivity index (χ0v) is 19.1. The summed E-state index contributed by atoms with van der Waals surface area (Å²) in [5, 5.41) is 13.1. The third kappa shape index (κ3) is 4.44. The summed E-state index contributed by atoms with van der Waals surface area (Å²) in [6, 6.07) is 15.3. The van der Waals surface area contributed by atoms with Crippen LogP contribution in [0.3, 0.4) is 0 Å². The van der Waals surface area contributed by atoms with Crippen LogP contribution in [0.4, 0.5) is 10.1 Å². The first kappa shape index (κ1) is 21.8. The molecule has 0 unspecified atom stereocenters. The highest BCUT2D eigenvalue weighted by Gasteiger charge is 2.34. The van der Waals surface area contributed by atoms with Crippen LogP contribution in [0.2, 0.25) is 0 Å². The molecule has 2 aromatic carbocycles. The van der Waals surface area contributed by atoms with Gasteiger partial charge in [-0.1, -0.05) is 49.6 Å². The number of anilines is 1. The summed E-state index contributed by atoms with van der Waals surface area (Å²) in [5.74, 6) is 1.52. The molecular weight excluding hydrogens is 419 g/mol. The van der Waals surface area contributed by atoms with E-state index in [-0.39, 0.29) is 11.9 Å². The standard InChI is InChI=1S/C25H31FN6O/c1-33-23-14-8-5-11-20(23)24(25-27-28-29-32(25)19-9-3-2-4-10-19)31-17-15-30(16-18-31)22-13-7-6-12-21(22)26/h5-8,11-14,19,24H,2-4,9-10,15-18H2,1H3/t24-/m1/s1. The summed E-state index contributed by atoms with van der Waals surface area (Å²) in [5.41, 5.74) is 1.73. The Bertz CT molecular complexity index is 1060. The van der Waals surface area contributed by atoms with Gasteiger partial charge in [0.1, 0.15) is 17.6 Å². The molecule has 2 heterocycles. The third-order valence-corrected chi connectivity index (χ3v) is 6.99. The molecule has 174 valence electrons. The van der Waals surface area contributed by atoms with E-state index in [1.165, 1.54) is 25.3 Å². The molecule has 33 heavy (non-hydrogen) atoms. The Hall–Kier alpha value is -3.00. The fourth-order valence-corrected chi connectivity index (χ4v) is 5.29. The predicted octanol–water partition coefficient (Wildman–Crippen LogP) is 4.24. The quantitative estimate of drug-likeness (QED) is 0.560. The van der Waals surface area contributed by atoms with Crippen molar-refractivity contribution in [3.05, 3.63) is 65.7 Å². The predicted molar refractivity (Wildman–Crippen MR) is 125 cm³/mol. The number of tetrazole rings is 1. The van der Waals surface area contributed by atoms with Gasteiger partial charge in [-0.3, -0.25) is 4.90 Å². The molecule has 0 bridgehead atoms. The molecule has 2 fully saturated rings. The monoisotopic (exact) mass is 450 g/mol. The van der Waals surface area contributed by atoms with Crippen molar-refractivity contribution < 1.29 is 9.13 Å². The van der Waals surface area contributed by atoms with Gasteiger partial charge in [-0.25, -0.2) is 9.07 Å². The van der Waals surface area contributed by atoms with Crippen molar-refractivity contribution in [1.29, 1.82) is 0 Å². The van der Waals surface area contributed by atoms with Crippen LogP contribution >= 0.6 is 0 Å². The SMILES string of the molecule is COc1ccccc1[C@H](c1nnnn1C1CCCCC1)N1CCN(c2ccccc2F)CC1. The molecule has 7 nitrogen and oxygen atoms in total. The van der Waals surface area contributed by atoms with Crippen molar-refractivity contribution in [3.8, 4) is 5.75 Å². The summed E-state index contributed by atoms with van der Waals surface area (Å²) in [6.45, 7) is 3.01. The van der Waals surface area contributed by atoms with Gasteiger partial charge in [0.05, 0.1) is 18.8 Å². The number of benzene rings is 2. The van der Waals surface area contributed by atoms with Crippen molar-refractivity contribution in [2.24, 2.45) is 0 Å². The van der Waals surface area contributed by atoms with Gasteiger partial charge in [-0.2, -0.15) is 0 Å². The smallest absolute Gasteiger partial charge is 0.173 e. The van der Waals surface area contributed by atoms with E-state index in [1.807, 2.05) is 30.3 Å². The number of hydrogen-bond acceptors (Lipinski definition) is 6. The summed E-state index contributed by atoms with van der Waals surface area (Å²) in [6.07, 6.45) is 5.92. The van der Waals surface area contributed by atoms with E-state index < -0.39 is 0 Å². The van der Waals surface area contributed by atoms with E-state index >= 15 is 0 Å². The van der Waals surface area contributed by atoms with Crippen molar-refractivity contribution in [2.45, 2.75) is 44.2 Å². The minimum atomic E-state index is -0.173. The number of nitrogens with zero attached hydrogens (tertiary/aromatic N) is 6. The molecule has 1 atom stereocenters. The highest BCUT2D eigenvalue weighted by atomic mass is 19.1. The second kappa shape index (κ2) is 9.87. The van der Waals surface area contributed by atoms with Crippen LogP contribution in [-0.2, 0) is 0 Å². The van der Waals surface area contributed by atoms with Crippen LogP contribution in [0, 0.1) is 5.82 Å². The molecule has 8 heteroatoms. The third-order valence-electron chi connectivity index (χ3n) is 6.99. The number of hydrogen-bond donors (Lipinski definition) is 0. The molecule has 1 aromatic heterocycles. The number of piperazine rings is 1. The largest absolute Gasteiger partial charge is 0.496 e. The molecular formula is C25H31FN6O. The molecule has 1 aliphatic carbocycles. The highest BCUT2D eigenvalue weighted by Crippen LogP contribution is 2.37. The van der Waals surface area contributed by atoms with Crippen LogP contribution < -0.4 is 9.64 Å². The lowest BCUT2D eigenvalue weighted by Crippen LogP contribution is -2.48. The number of para-hydroxylation sites is 2. The maximum absolute atomic E-state index is 14.4. The lowest BCUT2D eigenvalue weighted by Gasteiger charge is -2.40. The van der Waals surface area contributed by atoms with Gasteiger partial charge in [0.25, 0.3) is 0 Å². The van der Waals surface area contributed by atoms with Gasteiger partial charge in [0.15, 0.2) is 5.82 Å². The molecule has 0 spiro atoms. The summed E-state index contributed by atoms with van der Waals surface area (Å²) >= 11 is 0. The zero-order valence-electron chi connectivity index (χ0n) is 19.1. The van der Waals surface area contributed by atoms with E-state index in [0.717, 1.165) is 56.2 Å².